The van der Waals surface area contributed by atoms with E-state index in [1.165, 1.54) is 139 Å². The van der Waals surface area contributed by atoms with Gasteiger partial charge in [-0.1, -0.05) is 170 Å². The van der Waals surface area contributed by atoms with Gasteiger partial charge < -0.3 is 0 Å². The van der Waals surface area contributed by atoms with E-state index in [2.05, 4.69) is 90.1 Å². The molecule has 2 heteroatoms. The summed E-state index contributed by atoms with van der Waals surface area (Å²) in [5.74, 6) is 0. The molecule has 0 nitrogen and oxygen atoms in total. The second-order valence-electron chi connectivity index (χ2n) is 12.0. The fraction of sp³-hybridized carbons (Fsp3) is 0.692. The minimum Gasteiger partial charge on any atom is -0.0750 e. The van der Waals surface area contributed by atoms with Crippen LogP contribution in [-0.4, -0.2) is 24.6 Å². The molecular weight excluding hydrogens is 530 g/mol. The van der Waals surface area contributed by atoms with Gasteiger partial charge in [-0.05, 0) is 91.8 Å². The molecule has 2 aromatic rings. The van der Waals surface area contributed by atoms with Crippen LogP contribution in [-0.2, 0) is 6.42 Å². The zero-order valence-corrected chi connectivity index (χ0v) is 30.2. The third-order valence-corrected chi connectivity index (χ3v) is 13.9. The summed E-state index contributed by atoms with van der Waals surface area (Å²) >= 11 is 0. The topological polar surface area (TPSA) is 0 Å². The van der Waals surface area contributed by atoms with Crippen molar-refractivity contribution in [2.45, 2.75) is 151 Å². The van der Waals surface area contributed by atoms with Crippen LogP contribution >= 0.6 is 15.8 Å². The van der Waals surface area contributed by atoms with Gasteiger partial charge in [-0.3, -0.25) is 0 Å². The molecule has 0 bridgehead atoms. The Labute approximate surface area is 260 Å². The Morgan fingerprint density at radius 2 is 0.805 bits per heavy atom. The first-order valence-electron chi connectivity index (χ1n) is 17.8. The average Bonchev–Trinajstić information content (AvgIpc) is 2.99. The standard InChI is InChI=1S/C21H37P.C18H31P/c1-4-7-10-14-19-22(18-13-8-5-2)21-17-12-11-16-20(21)15-9-6-3;1-4-6-8-12-16-19(15-11-7-5-2)18-14-10-9-13-17(18)3/h11-12,16-17H,4-10,13-15,18-19H2,1-3H3;9-10,13-14H,4-8,11-12,15-16H2,1-3H3. The lowest BCUT2D eigenvalue weighted by Gasteiger charge is -2.21. The fourth-order valence-electron chi connectivity index (χ4n) is 5.59. The SMILES string of the molecule is CCCCCCP(CCCCC)c1ccccc1C.CCCCCCP(CCCCC)c1ccccc1CCCC. The number of rotatable bonds is 23. The Kier molecular flexibility index (Phi) is 25.1. The van der Waals surface area contributed by atoms with Crippen molar-refractivity contribution < 1.29 is 0 Å². The molecule has 2 rings (SSSR count). The van der Waals surface area contributed by atoms with Crippen LogP contribution in [0.4, 0.5) is 0 Å². The van der Waals surface area contributed by atoms with Gasteiger partial charge in [0.1, 0.15) is 0 Å². The van der Waals surface area contributed by atoms with E-state index in [9.17, 15) is 0 Å². The first-order valence-corrected chi connectivity index (χ1v) is 21.2. The number of hydrogen-bond acceptors (Lipinski definition) is 0. The van der Waals surface area contributed by atoms with Crippen molar-refractivity contribution in [3.63, 3.8) is 0 Å². The van der Waals surface area contributed by atoms with E-state index in [0.29, 0.717) is 0 Å². The monoisotopic (exact) mass is 598 g/mol. The molecule has 0 spiro atoms. The Morgan fingerprint density at radius 1 is 0.415 bits per heavy atom. The summed E-state index contributed by atoms with van der Waals surface area (Å²) in [6.45, 7) is 13.8. The molecule has 2 unspecified atom stereocenters. The van der Waals surface area contributed by atoms with Crippen LogP contribution < -0.4 is 10.6 Å². The van der Waals surface area contributed by atoms with Crippen molar-refractivity contribution in [1.82, 2.24) is 0 Å². The van der Waals surface area contributed by atoms with E-state index in [1.807, 2.05) is 0 Å². The van der Waals surface area contributed by atoms with Gasteiger partial charge in [0.2, 0.25) is 0 Å². The van der Waals surface area contributed by atoms with Crippen LogP contribution in [0.25, 0.3) is 0 Å². The van der Waals surface area contributed by atoms with Crippen molar-refractivity contribution in [2.24, 2.45) is 0 Å². The molecule has 0 radical (unpaired) electrons. The van der Waals surface area contributed by atoms with Gasteiger partial charge in [-0.25, -0.2) is 0 Å². The maximum Gasteiger partial charge on any atom is -0.0208 e. The van der Waals surface area contributed by atoms with Gasteiger partial charge in [0.25, 0.3) is 0 Å². The van der Waals surface area contributed by atoms with E-state index in [-0.39, 0.29) is 15.8 Å². The summed E-state index contributed by atoms with van der Waals surface area (Å²) in [5, 5.41) is 3.41. The van der Waals surface area contributed by atoms with Gasteiger partial charge in [0, 0.05) is 0 Å². The first kappa shape index (κ1) is 38.3. The second-order valence-corrected chi connectivity index (χ2v) is 16.9. The summed E-state index contributed by atoms with van der Waals surface area (Å²) < 4.78 is 0. The molecular formula is C39H68P2. The maximum atomic E-state index is 2.45. The normalized spacial score (nSPS) is 12.5. The van der Waals surface area contributed by atoms with E-state index in [4.69, 9.17) is 0 Å². The largest absolute Gasteiger partial charge is 0.0750 e. The van der Waals surface area contributed by atoms with Crippen molar-refractivity contribution in [1.29, 1.82) is 0 Å². The van der Waals surface area contributed by atoms with E-state index in [0.717, 1.165) is 0 Å². The number of hydrogen-bond donors (Lipinski definition) is 0. The van der Waals surface area contributed by atoms with E-state index < -0.39 is 0 Å². The minimum atomic E-state index is 0.0787. The average molecular weight is 599 g/mol. The molecule has 2 atom stereocenters. The maximum absolute atomic E-state index is 2.45. The Balaban J connectivity index is 0.000000414. The number of benzene rings is 2. The minimum absolute atomic E-state index is 0.0787. The highest BCUT2D eigenvalue weighted by Crippen LogP contribution is 2.39. The molecule has 0 saturated heterocycles. The predicted octanol–water partition coefficient (Wildman–Crippen LogP) is 12.8. The van der Waals surface area contributed by atoms with E-state index >= 15 is 0 Å². The van der Waals surface area contributed by atoms with Crippen molar-refractivity contribution in [3.05, 3.63) is 59.7 Å². The summed E-state index contributed by atoms with van der Waals surface area (Å²) in [7, 11) is 0.174. The summed E-state index contributed by atoms with van der Waals surface area (Å²) in [4.78, 5) is 0. The van der Waals surface area contributed by atoms with Gasteiger partial charge in [-0.2, -0.15) is 0 Å². The van der Waals surface area contributed by atoms with Gasteiger partial charge >= 0.3 is 0 Å². The number of unbranched alkanes of at least 4 members (excludes halogenated alkanes) is 11. The third-order valence-electron chi connectivity index (χ3n) is 8.21. The molecule has 0 aliphatic heterocycles. The van der Waals surface area contributed by atoms with Crippen molar-refractivity contribution in [2.75, 3.05) is 24.6 Å². The van der Waals surface area contributed by atoms with Crippen LogP contribution in [0.1, 0.15) is 148 Å². The Hall–Kier alpha value is -0.700. The third kappa shape index (κ3) is 17.9. The molecule has 0 aromatic heterocycles. The molecule has 0 amide bonds. The van der Waals surface area contributed by atoms with Crippen LogP contribution in [0, 0.1) is 6.92 Å². The lowest BCUT2D eigenvalue weighted by Crippen LogP contribution is -2.12. The molecule has 0 fully saturated rings. The molecule has 0 aliphatic carbocycles. The molecule has 0 heterocycles. The smallest absolute Gasteiger partial charge is 0.0208 e. The summed E-state index contributed by atoms with van der Waals surface area (Å²) in [6, 6.07) is 18.4. The molecule has 234 valence electrons. The quantitative estimate of drug-likeness (QED) is 0.0881. The Morgan fingerprint density at radius 3 is 1.29 bits per heavy atom. The van der Waals surface area contributed by atoms with Crippen LogP contribution in [0.15, 0.2) is 48.5 Å². The van der Waals surface area contributed by atoms with Gasteiger partial charge in [-0.15, -0.1) is 0 Å². The highest BCUT2D eigenvalue weighted by Gasteiger charge is 2.14. The summed E-state index contributed by atoms with van der Waals surface area (Å²) in [5.41, 5.74) is 3.17. The summed E-state index contributed by atoms with van der Waals surface area (Å²) in [6.07, 6.45) is 29.3. The molecule has 0 saturated carbocycles. The van der Waals surface area contributed by atoms with E-state index in [1.54, 1.807) is 16.2 Å². The predicted molar refractivity (Wildman–Crippen MR) is 196 cm³/mol. The fourth-order valence-corrected chi connectivity index (χ4v) is 11.2. The molecule has 2 aromatic carbocycles. The first-order chi connectivity index (χ1) is 20.1. The van der Waals surface area contributed by atoms with Crippen LogP contribution in [0.3, 0.4) is 0 Å². The highest BCUT2D eigenvalue weighted by molar-refractivity contribution is 7.66. The second kappa shape index (κ2) is 26.9. The molecule has 41 heavy (non-hydrogen) atoms. The van der Waals surface area contributed by atoms with Crippen molar-refractivity contribution >= 4 is 26.5 Å². The number of aryl methyl sites for hydroxylation is 2. The molecule has 0 N–H and O–H groups in total. The van der Waals surface area contributed by atoms with Gasteiger partial charge in [0.05, 0.1) is 0 Å². The van der Waals surface area contributed by atoms with Crippen molar-refractivity contribution in [3.8, 4) is 0 Å². The van der Waals surface area contributed by atoms with Gasteiger partial charge in [0.15, 0.2) is 0 Å². The van der Waals surface area contributed by atoms with Crippen LogP contribution in [0.5, 0.6) is 0 Å². The lowest BCUT2D eigenvalue weighted by atomic mass is 10.1. The van der Waals surface area contributed by atoms with Crippen LogP contribution in [0.2, 0.25) is 0 Å². The Bertz CT molecular complexity index is 845. The molecule has 0 aliphatic rings. The zero-order valence-electron chi connectivity index (χ0n) is 28.4. The highest BCUT2D eigenvalue weighted by atomic mass is 31.1. The zero-order chi connectivity index (χ0) is 30.0. The lowest BCUT2D eigenvalue weighted by molar-refractivity contribution is 0.704.